The van der Waals surface area contributed by atoms with Gasteiger partial charge in [-0.3, -0.25) is 4.98 Å². The van der Waals surface area contributed by atoms with Crippen molar-refractivity contribution in [3.63, 3.8) is 0 Å². The fraction of sp³-hybridized carbons (Fsp3) is 0.688. The molecule has 20 heavy (non-hydrogen) atoms. The molecule has 1 N–H and O–H groups in total. The van der Waals surface area contributed by atoms with Crippen LogP contribution in [0, 0.1) is 0 Å². The van der Waals surface area contributed by atoms with Crippen molar-refractivity contribution in [2.45, 2.75) is 57.4 Å². The first-order valence-corrected chi connectivity index (χ1v) is 8.72. The number of hydrogen-bond donors (Lipinski definition) is 1. The number of hydrogen-bond acceptors (Lipinski definition) is 4. The summed E-state index contributed by atoms with van der Waals surface area (Å²) in [6.45, 7) is 7.36. The molecule has 0 radical (unpaired) electrons. The van der Waals surface area contributed by atoms with Crippen LogP contribution in [0.3, 0.4) is 0 Å². The summed E-state index contributed by atoms with van der Waals surface area (Å²) in [6.07, 6.45) is 7.76. The van der Waals surface area contributed by atoms with Crippen LogP contribution in [-0.2, 0) is 0 Å². The minimum absolute atomic E-state index is 0.190. The van der Waals surface area contributed by atoms with Crippen molar-refractivity contribution >= 4 is 11.8 Å². The van der Waals surface area contributed by atoms with Gasteiger partial charge >= 0.3 is 0 Å². The molecule has 2 atom stereocenters. The lowest BCUT2D eigenvalue weighted by Crippen LogP contribution is -2.29. The highest BCUT2D eigenvalue weighted by atomic mass is 32.2. The second-order valence-electron chi connectivity index (χ2n) is 5.60. The number of nitrogens with zero attached hydrogens (tertiary/aromatic N) is 1. The second kappa shape index (κ2) is 7.89. The summed E-state index contributed by atoms with van der Waals surface area (Å²) < 4.78 is 5.78. The molecule has 1 aromatic heterocycles. The normalized spacial score (nSPS) is 20.3. The minimum Gasteiger partial charge on any atom is -0.489 e. The van der Waals surface area contributed by atoms with Crippen LogP contribution in [0.25, 0.3) is 0 Å². The van der Waals surface area contributed by atoms with E-state index in [1.165, 1.54) is 24.2 Å². The zero-order chi connectivity index (χ0) is 14.4. The van der Waals surface area contributed by atoms with Crippen LogP contribution in [0.5, 0.6) is 5.75 Å². The molecular weight excluding hydrogens is 268 g/mol. The van der Waals surface area contributed by atoms with Crippen LogP contribution < -0.4 is 10.1 Å². The second-order valence-corrected chi connectivity index (χ2v) is 6.95. The van der Waals surface area contributed by atoms with Gasteiger partial charge < -0.3 is 10.1 Å². The highest BCUT2D eigenvalue weighted by Crippen LogP contribution is 2.36. The van der Waals surface area contributed by atoms with Crippen molar-refractivity contribution in [3.8, 4) is 5.75 Å². The summed E-state index contributed by atoms with van der Waals surface area (Å²) in [5.74, 6) is 2.16. The maximum Gasteiger partial charge on any atom is 0.138 e. The Labute approximate surface area is 126 Å². The smallest absolute Gasteiger partial charge is 0.138 e. The lowest BCUT2D eigenvalue weighted by atomic mass is 10.0. The highest BCUT2D eigenvalue weighted by molar-refractivity contribution is 8.00. The largest absolute Gasteiger partial charge is 0.489 e. The fourth-order valence-corrected chi connectivity index (χ4v) is 3.99. The van der Waals surface area contributed by atoms with Crippen molar-refractivity contribution in [2.75, 3.05) is 12.3 Å². The Morgan fingerprint density at radius 2 is 2.30 bits per heavy atom. The number of nitrogens with one attached hydrogen (secondary N) is 1. The van der Waals surface area contributed by atoms with E-state index in [1.54, 1.807) is 0 Å². The van der Waals surface area contributed by atoms with E-state index in [2.05, 4.69) is 35.1 Å². The third kappa shape index (κ3) is 4.38. The maximum atomic E-state index is 5.78. The molecule has 0 aliphatic carbocycles. The molecule has 2 heterocycles. The Balaban J connectivity index is 2.14. The molecule has 1 aromatic rings. The van der Waals surface area contributed by atoms with Crippen LogP contribution in [0.1, 0.15) is 51.6 Å². The van der Waals surface area contributed by atoms with Gasteiger partial charge in [0.1, 0.15) is 5.75 Å². The lowest BCUT2D eigenvalue weighted by Gasteiger charge is -2.25. The average Bonchev–Trinajstić information content (AvgIpc) is 2.93. The van der Waals surface area contributed by atoms with Gasteiger partial charge in [0.2, 0.25) is 0 Å². The summed E-state index contributed by atoms with van der Waals surface area (Å²) >= 11 is 2.08. The van der Waals surface area contributed by atoms with Crippen molar-refractivity contribution in [3.05, 3.63) is 24.0 Å². The molecule has 0 amide bonds. The predicted octanol–water partition coefficient (Wildman–Crippen LogP) is 3.81. The molecule has 3 nitrogen and oxygen atoms in total. The van der Waals surface area contributed by atoms with E-state index in [0.29, 0.717) is 11.3 Å². The molecule has 1 fully saturated rings. The van der Waals surface area contributed by atoms with Gasteiger partial charge in [-0.05, 0) is 57.0 Å². The molecular formula is C16H26N2OS. The van der Waals surface area contributed by atoms with Crippen LogP contribution in [0.15, 0.2) is 18.5 Å². The molecule has 112 valence electrons. The summed E-state index contributed by atoms with van der Waals surface area (Å²) in [5, 5.41) is 4.36. The van der Waals surface area contributed by atoms with Crippen LogP contribution >= 0.6 is 11.8 Å². The SMILES string of the molecule is CCCNC(c1cncc(OC(C)C)c1)C1CCCS1. The standard InChI is InChI=1S/C16H26N2OS/c1-4-7-18-16(15-6-5-8-20-15)13-9-14(11-17-10-13)19-12(2)3/h9-12,15-16,18H,4-8H2,1-3H3. The van der Waals surface area contributed by atoms with E-state index in [1.807, 2.05) is 26.2 Å². The Morgan fingerprint density at radius 1 is 1.45 bits per heavy atom. The lowest BCUT2D eigenvalue weighted by molar-refractivity contribution is 0.241. The van der Waals surface area contributed by atoms with Crippen LogP contribution in [-0.4, -0.2) is 28.6 Å². The monoisotopic (exact) mass is 294 g/mol. The Kier molecular flexibility index (Phi) is 6.17. The van der Waals surface area contributed by atoms with E-state index in [-0.39, 0.29) is 6.10 Å². The molecule has 0 aromatic carbocycles. The molecule has 2 rings (SSSR count). The van der Waals surface area contributed by atoms with Gasteiger partial charge in [-0.1, -0.05) is 6.92 Å². The molecule has 4 heteroatoms. The van der Waals surface area contributed by atoms with Crippen molar-refractivity contribution in [2.24, 2.45) is 0 Å². The van der Waals surface area contributed by atoms with Crippen LogP contribution in [0.4, 0.5) is 0 Å². The van der Waals surface area contributed by atoms with Gasteiger partial charge in [-0.15, -0.1) is 0 Å². The molecule has 1 aliphatic rings. The van der Waals surface area contributed by atoms with Gasteiger partial charge in [0, 0.05) is 17.5 Å². The van der Waals surface area contributed by atoms with Gasteiger partial charge in [0.25, 0.3) is 0 Å². The zero-order valence-corrected chi connectivity index (χ0v) is 13.6. The number of ether oxygens (including phenoxy) is 1. The van der Waals surface area contributed by atoms with Gasteiger partial charge in [0.15, 0.2) is 0 Å². The van der Waals surface area contributed by atoms with Crippen LogP contribution in [0.2, 0.25) is 0 Å². The molecule has 1 aliphatic heterocycles. The van der Waals surface area contributed by atoms with E-state index in [4.69, 9.17) is 4.74 Å². The van der Waals surface area contributed by atoms with Crippen molar-refractivity contribution in [1.82, 2.24) is 10.3 Å². The topological polar surface area (TPSA) is 34.2 Å². The molecule has 1 saturated heterocycles. The number of pyridine rings is 1. The first-order chi connectivity index (χ1) is 9.70. The average molecular weight is 294 g/mol. The summed E-state index contributed by atoms with van der Waals surface area (Å²) in [4.78, 5) is 4.36. The molecule has 0 bridgehead atoms. The van der Waals surface area contributed by atoms with E-state index in [0.717, 1.165) is 18.7 Å². The van der Waals surface area contributed by atoms with E-state index in [9.17, 15) is 0 Å². The fourth-order valence-electron chi connectivity index (χ4n) is 2.57. The van der Waals surface area contributed by atoms with E-state index >= 15 is 0 Å². The third-order valence-corrected chi connectivity index (χ3v) is 4.88. The summed E-state index contributed by atoms with van der Waals surface area (Å²) in [7, 11) is 0. The molecule has 0 spiro atoms. The number of aromatic nitrogens is 1. The Hall–Kier alpha value is -0.740. The van der Waals surface area contributed by atoms with Gasteiger partial charge in [-0.25, -0.2) is 0 Å². The maximum absolute atomic E-state index is 5.78. The van der Waals surface area contributed by atoms with Crippen molar-refractivity contribution < 1.29 is 4.74 Å². The first-order valence-electron chi connectivity index (χ1n) is 7.67. The Bertz CT molecular complexity index is 405. The Morgan fingerprint density at radius 3 is 2.95 bits per heavy atom. The number of thioether (sulfide) groups is 1. The molecule has 0 saturated carbocycles. The summed E-state index contributed by atoms with van der Waals surface area (Å²) in [5.41, 5.74) is 1.26. The predicted molar refractivity (Wildman–Crippen MR) is 86.5 cm³/mol. The summed E-state index contributed by atoms with van der Waals surface area (Å²) in [6, 6.07) is 2.55. The molecule has 2 unspecified atom stereocenters. The minimum atomic E-state index is 0.190. The number of rotatable bonds is 7. The highest BCUT2D eigenvalue weighted by Gasteiger charge is 2.27. The van der Waals surface area contributed by atoms with Gasteiger partial charge in [-0.2, -0.15) is 11.8 Å². The zero-order valence-electron chi connectivity index (χ0n) is 12.8. The third-order valence-electron chi connectivity index (χ3n) is 3.42. The van der Waals surface area contributed by atoms with Gasteiger partial charge in [0.05, 0.1) is 12.3 Å². The van der Waals surface area contributed by atoms with Crippen molar-refractivity contribution in [1.29, 1.82) is 0 Å². The quantitative estimate of drug-likeness (QED) is 0.829. The van der Waals surface area contributed by atoms with E-state index < -0.39 is 0 Å². The first kappa shape index (κ1) is 15.6.